The second kappa shape index (κ2) is 6.38. The van der Waals surface area contributed by atoms with Crippen molar-refractivity contribution < 1.29 is 5.11 Å². The average Bonchev–Trinajstić information content (AvgIpc) is 2.65. The van der Waals surface area contributed by atoms with Gasteiger partial charge in [0.05, 0.1) is 6.61 Å². The van der Waals surface area contributed by atoms with E-state index in [1.807, 2.05) is 0 Å². The molecule has 1 rings (SSSR count). The van der Waals surface area contributed by atoms with Crippen LogP contribution in [0.5, 0.6) is 0 Å². The van der Waals surface area contributed by atoms with Crippen molar-refractivity contribution in [3.8, 4) is 0 Å². The molecule has 3 N–H and O–H groups in total. The van der Waals surface area contributed by atoms with E-state index in [2.05, 4.69) is 11.8 Å². The summed E-state index contributed by atoms with van der Waals surface area (Å²) in [6, 6.07) is 0.632. The lowest BCUT2D eigenvalue weighted by molar-refractivity contribution is 0.128. The zero-order valence-corrected chi connectivity index (χ0v) is 9.28. The minimum absolute atomic E-state index is 0.272. The lowest BCUT2D eigenvalue weighted by Crippen LogP contribution is -2.42. The predicted molar refractivity (Wildman–Crippen MR) is 59.1 cm³/mol. The second-order valence-electron chi connectivity index (χ2n) is 4.25. The molecule has 2 unspecified atom stereocenters. The Morgan fingerprint density at radius 2 is 2.14 bits per heavy atom. The Kier molecular flexibility index (Phi) is 5.45. The summed E-state index contributed by atoms with van der Waals surface area (Å²) in [6.07, 6.45) is 5.00. The van der Waals surface area contributed by atoms with Crippen molar-refractivity contribution in [3.05, 3.63) is 0 Å². The van der Waals surface area contributed by atoms with Crippen LogP contribution in [0.1, 0.15) is 32.6 Å². The normalized spacial score (nSPS) is 27.4. The molecular weight excluding hydrogens is 176 g/mol. The maximum atomic E-state index is 9.01. The largest absolute Gasteiger partial charge is 0.395 e. The first kappa shape index (κ1) is 12.0. The zero-order valence-electron chi connectivity index (χ0n) is 9.28. The molecule has 0 bridgehead atoms. The lowest BCUT2D eigenvalue weighted by atomic mass is 10.0. The molecule has 84 valence electrons. The van der Waals surface area contributed by atoms with Gasteiger partial charge < -0.3 is 10.8 Å². The standard InChI is InChI=1S/C11H24N2O/c1-2-6-13(7-8-14)11-5-3-4-10(11)9-12/h10-11,14H,2-9,12H2,1H3. The van der Waals surface area contributed by atoms with Crippen LogP contribution in [0.15, 0.2) is 0 Å². The topological polar surface area (TPSA) is 49.5 Å². The highest BCUT2D eigenvalue weighted by Crippen LogP contribution is 2.29. The third-order valence-corrected chi connectivity index (χ3v) is 3.29. The minimum Gasteiger partial charge on any atom is -0.395 e. The molecule has 1 fully saturated rings. The number of hydrogen-bond donors (Lipinski definition) is 2. The smallest absolute Gasteiger partial charge is 0.0558 e. The van der Waals surface area contributed by atoms with E-state index in [-0.39, 0.29) is 6.61 Å². The van der Waals surface area contributed by atoms with E-state index in [0.29, 0.717) is 12.0 Å². The van der Waals surface area contributed by atoms with Gasteiger partial charge >= 0.3 is 0 Å². The number of rotatable bonds is 6. The van der Waals surface area contributed by atoms with E-state index < -0.39 is 0 Å². The van der Waals surface area contributed by atoms with Crippen LogP contribution in [0, 0.1) is 5.92 Å². The third-order valence-electron chi connectivity index (χ3n) is 3.29. The van der Waals surface area contributed by atoms with Crippen LogP contribution in [-0.4, -0.2) is 42.3 Å². The molecule has 0 aromatic rings. The van der Waals surface area contributed by atoms with E-state index in [4.69, 9.17) is 10.8 Å². The van der Waals surface area contributed by atoms with Gasteiger partial charge in [-0.05, 0) is 38.3 Å². The summed E-state index contributed by atoms with van der Waals surface area (Å²) >= 11 is 0. The van der Waals surface area contributed by atoms with Gasteiger partial charge in [0.15, 0.2) is 0 Å². The van der Waals surface area contributed by atoms with Gasteiger partial charge in [0, 0.05) is 12.6 Å². The fourth-order valence-corrected chi connectivity index (χ4v) is 2.63. The van der Waals surface area contributed by atoms with Crippen molar-refractivity contribution in [1.82, 2.24) is 4.90 Å². The fourth-order valence-electron chi connectivity index (χ4n) is 2.63. The van der Waals surface area contributed by atoms with Gasteiger partial charge in [-0.3, -0.25) is 4.90 Å². The van der Waals surface area contributed by atoms with E-state index in [1.165, 1.54) is 19.3 Å². The van der Waals surface area contributed by atoms with Crippen molar-refractivity contribution in [2.24, 2.45) is 11.7 Å². The summed E-state index contributed by atoms with van der Waals surface area (Å²) in [4.78, 5) is 2.42. The lowest BCUT2D eigenvalue weighted by Gasteiger charge is -2.31. The molecule has 3 heteroatoms. The van der Waals surface area contributed by atoms with Gasteiger partial charge in [0.2, 0.25) is 0 Å². The number of aliphatic hydroxyl groups is 1. The van der Waals surface area contributed by atoms with Crippen molar-refractivity contribution >= 4 is 0 Å². The molecule has 1 aliphatic carbocycles. The van der Waals surface area contributed by atoms with Gasteiger partial charge in [-0.25, -0.2) is 0 Å². The summed E-state index contributed by atoms with van der Waals surface area (Å²) in [5.41, 5.74) is 5.77. The van der Waals surface area contributed by atoms with Crippen molar-refractivity contribution in [1.29, 1.82) is 0 Å². The summed E-state index contributed by atoms with van der Waals surface area (Å²) in [6.45, 7) is 5.18. The van der Waals surface area contributed by atoms with Crippen LogP contribution in [0.25, 0.3) is 0 Å². The number of nitrogens with two attached hydrogens (primary N) is 1. The minimum atomic E-state index is 0.272. The molecule has 0 amide bonds. The summed E-state index contributed by atoms with van der Waals surface area (Å²) in [7, 11) is 0. The Morgan fingerprint density at radius 3 is 2.71 bits per heavy atom. The van der Waals surface area contributed by atoms with Crippen molar-refractivity contribution in [2.45, 2.75) is 38.6 Å². The van der Waals surface area contributed by atoms with Crippen LogP contribution >= 0.6 is 0 Å². The molecule has 0 spiro atoms. The van der Waals surface area contributed by atoms with Gasteiger partial charge in [-0.15, -0.1) is 0 Å². The molecule has 0 aromatic heterocycles. The van der Waals surface area contributed by atoms with Crippen LogP contribution in [0.3, 0.4) is 0 Å². The van der Waals surface area contributed by atoms with E-state index in [0.717, 1.165) is 26.1 Å². The number of hydrogen-bond acceptors (Lipinski definition) is 3. The maximum absolute atomic E-state index is 9.01. The predicted octanol–water partition coefficient (Wildman–Crippen LogP) is 0.818. The highest BCUT2D eigenvalue weighted by Gasteiger charge is 2.30. The van der Waals surface area contributed by atoms with Crippen LogP contribution < -0.4 is 5.73 Å². The quantitative estimate of drug-likeness (QED) is 0.667. The van der Waals surface area contributed by atoms with Crippen molar-refractivity contribution in [3.63, 3.8) is 0 Å². The molecule has 0 aromatic carbocycles. The Bertz CT molecular complexity index is 146. The number of nitrogens with zero attached hydrogens (tertiary/aromatic N) is 1. The second-order valence-corrected chi connectivity index (χ2v) is 4.25. The zero-order chi connectivity index (χ0) is 10.4. The van der Waals surface area contributed by atoms with Crippen LogP contribution in [-0.2, 0) is 0 Å². The van der Waals surface area contributed by atoms with Crippen LogP contribution in [0.4, 0.5) is 0 Å². The molecule has 0 aliphatic heterocycles. The third kappa shape index (κ3) is 2.94. The highest BCUT2D eigenvalue weighted by atomic mass is 16.3. The first-order valence-electron chi connectivity index (χ1n) is 5.88. The number of aliphatic hydroxyl groups excluding tert-OH is 1. The van der Waals surface area contributed by atoms with Crippen molar-refractivity contribution in [2.75, 3.05) is 26.2 Å². The Morgan fingerprint density at radius 1 is 1.36 bits per heavy atom. The SMILES string of the molecule is CCCN(CCO)C1CCCC1CN. The Hall–Kier alpha value is -0.120. The molecule has 0 saturated heterocycles. The summed E-state index contributed by atoms with van der Waals surface area (Å²) < 4.78 is 0. The van der Waals surface area contributed by atoms with Crippen LogP contribution in [0.2, 0.25) is 0 Å². The molecule has 2 atom stereocenters. The van der Waals surface area contributed by atoms with Gasteiger partial charge in [-0.2, -0.15) is 0 Å². The van der Waals surface area contributed by atoms with Gasteiger partial charge in [0.1, 0.15) is 0 Å². The summed E-state index contributed by atoms with van der Waals surface area (Å²) in [5, 5.41) is 9.01. The molecule has 14 heavy (non-hydrogen) atoms. The molecule has 0 radical (unpaired) electrons. The molecular formula is C11H24N2O. The van der Waals surface area contributed by atoms with E-state index in [9.17, 15) is 0 Å². The molecule has 1 saturated carbocycles. The Labute approximate surface area is 87.3 Å². The molecule has 1 aliphatic rings. The fraction of sp³-hybridized carbons (Fsp3) is 1.00. The summed E-state index contributed by atoms with van der Waals surface area (Å²) in [5.74, 6) is 0.660. The highest BCUT2D eigenvalue weighted by molar-refractivity contribution is 4.85. The average molecular weight is 200 g/mol. The monoisotopic (exact) mass is 200 g/mol. The van der Waals surface area contributed by atoms with E-state index in [1.54, 1.807) is 0 Å². The first-order chi connectivity index (χ1) is 6.83. The van der Waals surface area contributed by atoms with Gasteiger partial charge in [0.25, 0.3) is 0 Å². The Balaban J connectivity index is 2.47. The maximum Gasteiger partial charge on any atom is 0.0558 e. The van der Waals surface area contributed by atoms with E-state index >= 15 is 0 Å². The van der Waals surface area contributed by atoms with Gasteiger partial charge in [-0.1, -0.05) is 13.3 Å². The first-order valence-corrected chi connectivity index (χ1v) is 5.88. The molecule has 3 nitrogen and oxygen atoms in total. The molecule has 0 heterocycles.